The molecule has 0 saturated carbocycles. The van der Waals surface area contributed by atoms with Crippen LogP contribution in [-0.4, -0.2) is 61.0 Å². The van der Waals surface area contributed by atoms with Gasteiger partial charge >= 0.3 is 12.3 Å². The topological polar surface area (TPSA) is 130 Å². The first-order valence-corrected chi connectivity index (χ1v) is 10.8. The van der Waals surface area contributed by atoms with E-state index in [9.17, 15) is 36.5 Å². The van der Waals surface area contributed by atoms with Crippen molar-refractivity contribution in [2.45, 2.75) is 36.8 Å². The third-order valence-corrected chi connectivity index (χ3v) is 6.66. The maximum Gasteiger partial charge on any atom is 0.407 e. The molecule has 30 heavy (non-hydrogen) atoms. The number of nitro benzene ring substituents is 1. The van der Waals surface area contributed by atoms with E-state index in [1.54, 1.807) is 0 Å². The first-order valence-electron chi connectivity index (χ1n) is 9.19. The van der Waals surface area contributed by atoms with Crippen LogP contribution < -0.4 is 5.32 Å². The Balaban J connectivity index is 2.04. The summed E-state index contributed by atoms with van der Waals surface area (Å²) in [5, 5.41) is 23.2. The normalized spacial score (nSPS) is 15.8. The fourth-order valence-electron chi connectivity index (χ4n) is 3.17. The molecule has 1 aromatic rings. The van der Waals surface area contributed by atoms with Crippen molar-refractivity contribution in [3.05, 3.63) is 28.3 Å². The molecule has 9 nitrogen and oxygen atoms in total. The summed E-state index contributed by atoms with van der Waals surface area (Å²) in [4.78, 5) is 22.4. The number of sulfone groups is 1. The van der Waals surface area contributed by atoms with Gasteiger partial charge in [-0.1, -0.05) is 0 Å². The van der Waals surface area contributed by atoms with Crippen molar-refractivity contribution in [1.82, 2.24) is 4.90 Å². The summed E-state index contributed by atoms with van der Waals surface area (Å²) in [6.45, 7) is 1.06. The monoisotopic (exact) mass is 453 g/mol. The molecule has 0 spiro atoms. The largest absolute Gasteiger partial charge is 0.465 e. The van der Waals surface area contributed by atoms with Gasteiger partial charge in [0.25, 0.3) is 5.69 Å². The molecule has 1 saturated heterocycles. The van der Waals surface area contributed by atoms with Gasteiger partial charge in [-0.15, -0.1) is 0 Å². The summed E-state index contributed by atoms with van der Waals surface area (Å²) in [5.41, 5.74) is -0.398. The lowest BCUT2D eigenvalue weighted by Gasteiger charge is -2.30. The predicted molar refractivity (Wildman–Crippen MR) is 101 cm³/mol. The van der Waals surface area contributed by atoms with E-state index in [1.165, 1.54) is 11.0 Å². The zero-order valence-corrected chi connectivity index (χ0v) is 16.7. The Bertz CT molecular complexity index is 883. The fraction of sp³-hybridized carbons (Fsp3) is 0.588. The van der Waals surface area contributed by atoms with Gasteiger partial charge in [0.1, 0.15) is 5.69 Å². The highest BCUT2D eigenvalue weighted by molar-refractivity contribution is 7.91. The Morgan fingerprint density at radius 3 is 2.47 bits per heavy atom. The van der Waals surface area contributed by atoms with Crippen molar-refractivity contribution < 1.29 is 36.4 Å². The average Bonchev–Trinajstić information content (AvgIpc) is 2.65. The first-order chi connectivity index (χ1) is 13.9. The minimum Gasteiger partial charge on any atom is -0.465 e. The standard InChI is InChI=1S/C17H22F3N3O6S/c18-17(19,20)6-1-9-30(28,29)13-2-3-14(15(10-13)23(26)27)21-11-12-4-7-22(8-5-12)16(24)25/h2-3,10,12,21H,1,4-9,11H2,(H,24,25). The Labute approximate surface area is 170 Å². The first kappa shape index (κ1) is 23.7. The summed E-state index contributed by atoms with van der Waals surface area (Å²) in [6, 6.07) is 3.20. The highest BCUT2D eigenvalue weighted by Crippen LogP contribution is 2.30. The molecule has 2 N–H and O–H groups in total. The lowest BCUT2D eigenvalue weighted by Crippen LogP contribution is -2.39. The number of benzene rings is 1. The van der Waals surface area contributed by atoms with Gasteiger partial charge in [-0.25, -0.2) is 13.2 Å². The van der Waals surface area contributed by atoms with Crippen molar-refractivity contribution >= 4 is 27.3 Å². The molecule has 0 unspecified atom stereocenters. The third kappa shape index (κ3) is 6.75. The smallest absolute Gasteiger partial charge is 0.407 e. The number of carboxylic acid groups (broad SMARTS) is 1. The molecule has 1 aliphatic heterocycles. The molecule has 1 amide bonds. The number of rotatable bonds is 8. The molecule has 0 radical (unpaired) electrons. The Kier molecular flexibility index (Phi) is 7.50. The second-order valence-corrected chi connectivity index (χ2v) is 9.18. The Hall–Kier alpha value is -2.57. The van der Waals surface area contributed by atoms with Gasteiger partial charge in [0, 0.05) is 32.1 Å². The quantitative estimate of drug-likeness (QED) is 0.455. The van der Waals surface area contributed by atoms with Crippen LogP contribution >= 0.6 is 0 Å². The number of piperidine rings is 1. The summed E-state index contributed by atoms with van der Waals surface area (Å²) in [7, 11) is -4.10. The maximum absolute atomic E-state index is 12.2. The van der Waals surface area contributed by atoms with E-state index >= 15 is 0 Å². The number of amides is 1. The van der Waals surface area contributed by atoms with Crippen LogP contribution in [0.25, 0.3) is 0 Å². The molecule has 1 aromatic carbocycles. The highest BCUT2D eigenvalue weighted by atomic mass is 32.2. The molecule has 1 heterocycles. The van der Waals surface area contributed by atoms with Gasteiger partial charge in [-0.05, 0) is 37.3 Å². The van der Waals surface area contributed by atoms with Crippen molar-refractivity contribution in [2.75, 3.05) is 30.7 Å². The number of anilines is 1. The molecule has 1 fully saturated rings. The number of nitro groups is 1. The van der Waals surface area contributed by atoms with E-state index in [0.29, 0.717) is 32.5 Å². The lowest BCUT2D eigenvalue weighted by atomic mass is 9.97. The van der Waals surface area contributed by atoms with E-state index in [-0.39, 0.29) is 11.6 Å². The molecule has 2 rings (SSSR count). The predicted octanol–water partition coefficient (Wildman–Crippen LogP) is 3.51. The molecular weight excluding hydrogens is 431 g/mol. The zero-order valence-electron chi connectivity index (χ0n) is 15.9. The fourth-order valence-corrected chi connectivity index (χ4v) is 4.50. The summed E-state index contributed by atoms with van der Waals surface area (Å²) >= 11 is 0. The van der Waals surface area contributed by atoms with E-state index in [0.717, 1.165) is 12.1 Å². The third-order valence-electron chi connectivity index (χ3n) is 4.86. The van der Waals surface area contributed by atoms with E-state index in [1.807, 2.05) is 0 Å². The summed E-state index contributed by atoms with van der Waals surface area (Å²) in [5.74, 6) is -0.676. The van der Waals surface area contributed by atoms with E-state index in [4.69, 9.17) is 5.11 Å². The molecule has 0 aromatic heterocycles. The number of likely N-dealkylation sites (tertiary alicyclic amines) is 1. The Morgan fingerprint density at radius 1 is 1.30 bits per heavy atom. The minimum absolute atomic E-state index is 0.0889. The molecule has 0 aliphatic carbocycles. The second-order valence-electron chi connectivity index (χ2n) is 7.07. The van der Waals surface area contributed by atoms with E-state index < -0.39 is 56.2 Å². The highest BCUT2D eigenvalue weighted by Gasteiger charge is 2.29. The van der Waals surface area contributed by atoms with Gasteiger partial charge in [0.2, 0.25) is 0 Å². The van der Waals surface area contributed by atoms with Crippen LogP contribution in [0.2, 0.25) is 0 Å². The van der Waals surface area contributed by atoms with Gasteiger partial charge in [0.15, 0.2) is 9.84 Å². The van der Waals surface area contributed by atoms with Gasteiger partial charge < -0.3 is 15.3 Å². The summed E-state index contributed by atoms with van der Waals surface area (Å²) < 4.78 is 61.2. The van der Waals surface area contributed by atoms with Crippen LogP contribution in [0.3, 0.4) is 0 Å². The van der Waals surface area contributed by atoms with Crippen LogP contribution in [0.5, 0.6) is 0 Å². The number of halogens is 3. The molecule has 0 bridgehead atoms. The second kappa shape index (κ2) is 9.49. The molecule has 0 atom stereocenters. The lowest BCUT2D eigenvalue weighted by molar-refractivity contribution is -0.384. The van der Waals surface area contributed by atoms with Crippen LogP contribution in [0.1, 0.15) is 25.7 Å². The van der Waals surface area contributed by atoms with Crippen LogP contribution in [-0.2, 0) is 9.84 Å². The van der Waals surface area contributed by atoms with E-state index in [2.05, 4.69) is 5.32 Å². The number of nitrogens with zero attached hydrogens (tertiary/aromatic N) is 2. The number of hydrogen-bond donors (Lipinski definition) is 2. The van der Waals surface area contributed by atoms with Crippen molar-refractivity contribution in [2.24, 2.45) is 5.92 Å². The number of hydrogen-bond acceptors (Lipinski definition) is 6. The molecule has 13 heteroatoms. The SMILES string of the molecule is O=C(O)N1CCC(CNc2ccc(S(=O)(=O)CCCC(F)(F)F)cc2[N+](=O)[O-])CC1. The molecule has 1 aliphatic rings. The zero-order chi connectivity index (χ0) is 22.5. The van der Waals surface area contributed by atoms with Crippen molar-refractivity contribution in [3.8, 4) is 0 Å². The maximum atomic E-state index is 12.2. The number of nitrogens with one attached hydrogen (secondary N) is 1. The summed E-state index contributed by atoms with van der Waals surface area (Å²) in [6.07, 6.45) is -6.19. The number of carbonyl (C=O) groups is 1. The molecular formula is C17H22F3N3O6S. The Morgan fingerprint density at radius 2 is 1.93 bits per heavy atom. The van der Waals surface area contributed by atoms with Crippen molar-refractivity contribution in [1.29, 1.82) is 0 Å². The number of alkyl halides is 3. The van der Waals surface area contributed by atoms with Gasteiger partial charge in [-0.2, -0.15) is 13.2 Å². The van der Waals surface area contributed by atoms with Gasteiger partial charge in [-0.3, -0.25) is 10.1 Å². The molecule has 168 valence electrons. The average molecular weight is 453 g/mol. The van der Waals surface area contributed by atoms with Crippen LogP contribution in [0.4, 0.5) is 29.3 Å². The van der Waals surface area contributed by atoms with Crippen LogP contribution in [0.15, 0.2) is 23.1 Å². The minimum atomic E-state index is -4.48. The van der Waals surface area contributed by atoms with Gasteiger partial charge in [0.05, 0.1) is 15.6 Å². The van der Waals surface area contributed by atoms with Crippen molar-refractivity contribution in [3.63, 3.8) is 0 Å². The van der Waals surface area contributed by atoms with Crippen LogP contribution in [0, 0.1) is 16.0 Å².